The third kappa shape index (κ3) is 4.84. The molecule has 0 fully saturated rings. The number of carbonyl (C=O) groups is 1. The minimum atomic E-state index is -2.91. The SMILES string of the molecule is O=C(Nc1nc2ccc(OC(F)F)cc2s1)c1ccn(COc2ccc(Cl)cc2)n1. The lowest BCUT2D eigenvalue weighted by molar-refractivity contribution is -0.0497. The molecule has 0 aliphatic rings. The number of hydrogen-bond donors (Lipinski definition) is 1. The highest BCUT2D eigenvalue weighted by atomic mass is 35.5. The van der Waals surface area contributed by atoms with Crippen LogP contribution in [-0.4, -0.2) is 27.3 Å². The van der Waals surface area contributed by atoms with Crippen molar-refractivity contribution in [2.24, 2.45) is 0 Å². The zero-order chi connectivity index (χ0) is 21.1. The molecule has 0 unspecified atom stereocenters. The molecule has 0 saturated heterocycles. The first-order valence-electron chi connectivity index (χ1n) is 8.55. The van der Waals surface area contributed by atoms with Crippen molar-refractivity contribution in [3.8, 4) is 11.5 Å². The van der Waals surface area contributed by atoms with Crippen molar-refractivity contribution in [2.75, 3.05) is 5.32 Å². The average molecular weight is 451 g/mol. The molecule has 11 heteroatoms. The Kier molecular flexibility index (Phi) is 5.77. The van der Waals surface area contributed by atoms with Gasteiger partial charge >= 0.3 is 6.61 Å². The van der Waals surface area contributed by atoms with E-state index in [-0.39, 0.29) is 18.2 Å². The molecule has 2 aromatic heterocycles. The third-order valence-corrected chi connectivity index (χ3v) is 5.04. The average Bonchev–Trinajstić information content (AvgIpc) is 3.33. The van der Waals surface area contributed by atoms with Crippen LogP contribution in [0.2, 0.25) is 5.02 Å². The monoisotopic (exact) mass is 450 g/mol. The van der Waals surface area contributed by atoms with Crippen LogP contribution in [0.1, 0.15) is 10.5 Å². The summed E-state index contributed by atoms with van der Waals surface area (Å²) >= 11 is 6.97. The van der Waals surface area contributed by atoms with E-state index in [0.29, 0.717) is 26.1 Å². The molecule has 2 heterocycles. The van der Waals surface area contributed by atoms with E-state index in [9.17, 15) is 13.6 Å². The molecule has 0 radical (unpaired) electrons. The molecule has 0 saturated carbocycles. The Morgan fingerprint density at radius 1 is 1.17 bits per heavy atom. The van der Waals surface area contributed by atoms with E-state index in [1.165, 1.54) is 16.8 Å². The van der Waals surface area contributed by atoms with Crippen LogP contribution in [0.3, 0.4) is 0 Å². The number of alkyl halides is 2. The highest BCUT2D eigenvalue weighted by molar-refractivity contribution is 7.22. The molecule has 30 heavy (non-hydrogen) atoms. The summed E-state index contributed by atoms with van der Waals surface area (Å²) in [4.78, 5) is 16.7. The van der Waals surface area contributed by atoms with Gasteiger partial charge in [-0.1, -0.05) is 22.9 Å². The highest BCUT2D eigenvalue weighted by Crippen LogP contribution is 2.30. The normalized spacial score (nSPS) is 11.1. The van der Waals surface area contributed by atoms with E-state index >= 15 is 0 Å². The number of amides is 1. The summed E-state index contributed by atoms with van der Waals surface area (Å²) in [5, 5.41) is 7.74. The molecule has 154 valence electrons. The number of benzene rings is 2. The molecule has 0 aliphatic heterocycles. The first-order chi connectivity index (χ1) is 14.5. The fourth-order valence-corrected chi connectivity index (χ4v) is 3.54. The van der Waals surface area contributed by atoms with Gasteiger partial charge in [0.2, 0.25) is 0 Å². The number of ether oxygens (including phenoxy) is 2. The van der Waals surface area contributed by atoms with Crippen molar-refractivity contribution in [3.05, 3.63) is 65.4 Å². The molecule has 0 atom stereocenters. The number of aromatic nitrogens is 3. The lowest BCUT2D eigenvalue weighted by Gasteiger charge is -2.05. The van der Waals surface area contributed by atoms with Gasteiger partial charge in [0.25, 0.3) is 5.91 Å². The predicted octanol–water partition coefficient (Wildman–Crippen LogP) is 5.04. The van der Waals surface area contributed by atoms with Crippen LogP contribution in [0.4, 0.5) is 13.9 Å². The van der Waals surface area contributed by atoms with Crippen molar-refractivity contribution < 1.29 is 23.0 Å². The molecule has 7 nitrogen and oxygen atoms in total. The second-order valence-corrected chi connectivity index (χ2v) is 7.42. The third-order valence-electron chi connectivity index (χ3n) is 3.86. The number of thiazole rings is 1. The molecule has 2 aromatic carbocycles. The molecular formula is C19H13ClF2N4O3S. The number of halogens is 3. The second kappa shape index (κ2) is 8.64. The maximum atomic E-state index is 12.4. The van der Waals surface area contributed by atoms with Gasteiger partial charge in [-0.25, -0.2) is 9.67 Å². The van der Waals surface area contributed by atoms with Gasteiger partial charge in [0.05, 0.1) is 10.2 Å². The molecule has 1 amide bonds. The van der Waals surface area contributed by atoms with Gasteiger partial charge in [-0.05, 0) is 48.5 Å². The van der Waals surface area contributed by atoms with Gasteiger partial charge in [-0.2, -0.15) is 13.9 Å². The summed E-state index contributed by atoms with van der Waals surface area (Å²) in [5.74, 6) is 0.187. The number of anilines is 1. The minimum Gasteiger partial charge on any atom is -0.471 e. The van der Waals surface area contributed by atoms with E-state index in [0.717, 1.165) is 11.3 Å². The predicted molar refractivity (Wildman–Crippen MR) is 109 cm³/mol. The molecule has 0 bridgehead atoms. The first kappa shape index (κ1) is 20.0. The van der Waals surface area contributed by atoms with Gasteiger partial charge in [-0.3, -0.25) is 10.1 Å². The smallest absolute Gasteiger partial charge is 0.387 e. The van der Waals surface area contributed by atoms with Crippen LogP contribution in [0, 0.1) is 0 Å². The fourth-order valence-electron chi connectivity index (χ4n) is 2.52. The van der Waals surface area contributed by atoms with E-state index in [2.05, 4.69) is 20.1 Å². The summed E-state index contributed by atoms with van der Waals surface area (Å²) in [7, 11) is 0. The fraction of sp³-hybridized carbons (Fsp3) is 0.105. The topological polar surface area (TPSA) is 78.3 Å². The van der Waals surface area contributed by atoms with Crippen LogP contribution < -0.4 is 14.8 Å². The van der Waals surface area contributed by atoms with Crippen molar-refractivity contribution in [1.29, 1.82) is 0 Å². The maximum Gasteiger partial charge on any atom is 0.387 e. The van der Waals surface area contributed by atoms with Gasteiger partial charge < -0.3 is 9.47 Å². The van der Waals surface area contributed by atoms with Crippen molar-refractivity contribution in [3.63, 3.8) is 0 Å². The minimum absolute atomic E-state index is 0.0263. The van der Waals surface area contributed by atoms with Gasteiger partial charge in [0.15, 0.2) is 17.6 Å². The number of nitrogens with one attached hydrogen (secondary N) is 1. The Morgan fingerprint density at radius 3 is 2.70 bits per heavy atom. The maximum absolute atomic E-state index is 12.4. The van der Waals surface area contributed by atoms with Crippen LogP contribution in [0.15, 0.2) is 54.7 Å². The lowest BCUT2D eigenvalue weighted by atomic mass is 10.3. The molecule has 4 aromatic rings. The van der Waals surface area contributed by atoms with Gasteiger partial charge in [-0.15, -0.1) is 0 Å². The van der Waals surface area contributed by atoms with E-state index in [1.807, 2.05) is 0 Å². The highest BCUT2D eigenvalue weighted by Gasteiger charge is 2.14. The molecule has 4 rings (SSSR count). The lowest BCUT2D eigenvalue weighted by Crippen LogP contribution is -2.14. The number of fused-ring (bicyclic) bond motifs is 1. The van der Waals surface area contributed by atoms with Gasteiger partial charge in [0.1, 0.15) is 11.5 Å². The van der Waals surface area contributed by atoms with Crippen molar-refractivity contribution in [2.45, 2.75) is 13.3 Å². The van der Waals surface area contributed by atoms with Crippen LogP contribution in [0.5, 0.6) is 11.5 Å². The molecule has 0 spiro atoms. The number of carbonyl (C=O) groups excluding carboxylic acids is 1. The Balaban J connectivity index is 1.39. The Hall–Kier alpha value is -3.24. The zero-order valence-corrected chi connectivity index (χ0v) is 16.7. The first-order valence-corrected chi connectivity index (χ1v) is 9.74. The summed E-state index contributed by atoms with van der Waals surface area (Å²) in [6.45, 7) is -2.79. The van der Waals surface area contributed by atoms with Gasteiger partial charge in [0, 0.05) is 11.2 Å². The molecule has 0 aliphatic carbocycles. The number of nitrogens with zero attached hydrogens (tertiary/aromatic N) is 3. The Morgan fingerprint density at radius 2 is 1.93 bits per heavy atom. The Bertz CT molecular complexity index is 1180. The van der Waals surface area contributed by atoms with Crippen LogP contribution in [0.25, 0.3) is 10.2 Å². The standard InChI is InChI=1S/C19H13ClF2N4O3S/c20-11-1-3-12(4-2-11)28-10-26-8-7-15(25-26)17(27)24-19-23-14-6-5-13(29-18(21)22)9-16(14)30-19/h1-9,18H,10H2,(H,23,24,27). The van der Waals surface area contributed by atoms with E-state index in [1.54, 1.807) is 42.6 Å². The second-order valence-electron chi connectivity index (χ2n) is 5.95. The van der Waals surface area contributed by atoms with E-state index < -0.39 is 12.5 Å². The van der Waals surface area contributed by atoms with Crippen LogP contribution >= 0.6 is 22.9 Å². The molecule has 1 N–H and O–H groups in total. The Labute approximate surface area is 177 Å². The van der Waals surface area contributed by atoms with Crippen LogP contribution in [-0.2, 0) is 6.73 Å². The number of rotatable bonds is 7. The van der Waals surface area contributed by atoms with E-state index in [4.69, 9.17) is 16.3 Å². The summed E-state index contributed by atoms with van der Waals surface area (Å²) in [5.41, 5.74) is 0.731. The van der Waals surface area contributed by atoms with Crippen molar-refractivity contribution >= 4 is 44.2 Å². The summed E-state index contributed by atoms with van der Waals surface area (Å²) in [6, 6.07) is 12.8. The summed E-state index contributed by atoms with van der Waals surface area (Å²) < 4.78 is 36.7. The largest absolute Gasteiger partial charge is 0.471 e. The zero-order valence-electron chi connectivity index (χ0n) is 15.1. The quantitative estimate of drug-likeness (QED) is 0.427. The van der Waals surface area contributed by atoms with Crippen molar-refractivity contribution in [1.82, 2.24) is 14.8 Å². The number of hydrogen-bond acceptors (Lipinski definition) is 6. The summed E-state index contributed by atoms with van der Waals surface area (Å²) in [6.07, 6.45) is 1.61. The molecular weight excluding hydrogens is 438 g/mol.